The van der Waals surface area contributed by atoms with Gasteiger partial charge in [-0.05, 0) is 310 Å². The zero-order chi connectivity index (χ0) is 99.3. The Morgan fingerprint density at radius 1 is 0.307 bits per heavy atom. The van der Waals surface area contributed by atoms with Crippen molar-refractivity contribution >= 4 is 91.0 Å². The number of aliphatic hydroxyl groups is 1. The van der Waals surface area contributed by atoms with Gasteiger partial charge in [0, 0.05) is 149 Å². The topological polar surface area (TPSA) is 169 Å². The van der Waals surface area contributed by atoms with Crippen molar-refractivity contribution in [3.8, 4) is 0 Å². The summed E-state index contributed by atoms with van der Waals surface area (Å²) in [5.41, 5.74) is 37.8. The molecular weight excluding hydrogens is 1710 g/mol. The van der Waals surface area contributed by atoms with Crippen LogP contribution >= 0.6 is 0 Å². The quantitative estimate of drug-likeness (QED) is 0.0147. The van der Waals surface area contributed by atoms with E-state index in [0.717, 1.165) is 106 Å². The van der Waals surface area contributed by atoms with Gasteiger partial charge >= 0.3 is 0 Å². The van der Waals surface area contributed by atoms with Gasteiger partial charge < -0.3 is 63.2 Å². The Kier molecular flexibility index (Phi) is 44.9. The van der Waals surface area contributed by atoms with Crippen molar-refractivity contribution in [2.24, 2.45) is 5.92 Å². The van der Waals surface area contributed by atoms with Crippen molar-refractivity contribution in [2.45, 2.75) is 106 Å². The first kappa shape index (κ1) is 106. The summed E-state index contributed by atoms with van der Waals surface area (Å²) in [6.45, 7) is 16.3. The summed E-state index contributed by atoms with van der Waals surface area (Å²) in [6.07, 6.45) is 6.20. The standard InChI is InChI=1S/C19H17N.C19H25N.C16H21N3.C16H19N.C15H17N.C14H15NO.C14H15N.C13H14N3O/c1-3-7-16(8-4-1)15-17-11-13-19(14-12-17)20-18-9-5-2-6-10-18;1-15(2)13-16(3)20-19-11-9-18(10-12-19)14-17-7-5-4-6-8-17;1-18(2)15-9-5-13(6-10-15)17-14-7-11-16(12-8-14)19(3)4;1-13(2)17-16-10-8-15(9-11-16)12-14-6-4-3-5-7-14;1-2-16-15-10-8-14(9-11-15)12-13-6-4-3-5-7-13;1-11-2-6-13(7-3-11)15-14-8-4-12(10-16)5-9-14;1-15-14-9-7-13(8-10-14)11-12-5-3-2-4-6-12;1-16(17)13-9-10(14)7-8-12(13)15-11-5-3-2-4-6-11/h1-14,20H,15H2;4-12,15-16,20H,13-14H2,1-3H3;5-12,17H,1-4H3;3-11,13,17H,12H2,1-2H3;3-11,16H,2,12H2,1H3;2-9,15-16H,10H2,1H3;2-10,15H,11H2,1H3;2-9,15H,14H2,1H3/q;;;;;;;+1. The minimum atomic E-state index is 0.0881. The maximum Gasteiger partial charge on any atom is 0.280 e. The van der Waals surface area contributed by atoms with Gasteiger partial charge in [-0.3, -0.25) is 0 Å². The number of nitrogens with two attached hydrogens (primary N) is 1. The molecule has 17 rings (SSSR count). The predicted octanol–water partition coefficient (Wildman–Crippen LogP) is 31.1. The van der Waals surface area contributed by atoms with Gasteiger partial charge in [0.25, 0.3) is 5.69 Å². The van der Waals surface area contributed by atoms with Crippen molar-refractivity contribution in [2.75, 3.05) is 107 Å². The second kappa shape index (κ2) is 59.2. The van der Waals surface area contributed by atoms with Gasteiger partial charge in [0.15, 0.2) is 7.05 Å². The number of hydrogen-bond donors (Lipinski definition) is 10. The number of nitrogen functional groups attached to an aromatic ring is 1. The number of hydrogen-bond acceptors (Lipinski definition) is 13. The highest BCUT2D eigenvalue weighted by Crippen LogP contribution is 2.31. The lowest BCUT2D eigenvalue weighted by Crippen LogP contribution is -2.17. The summed E-state index contributed by atoms with van der Waals surface area (Å²) in [4.78, 5) is 15.6. The Balaban J connectivity index is 0.000000165. The lowest BCUT2D eigenvalue weighted by molar-refractivity contribution is -0.427. The number of anilines is 15. The molecule has 0 heterocycles. The molecule has 14 heteroatoms. The first-order chi connectivity index (χ1) is 68.0. The zero-order valence-electron chi connectivity index (χ0n) is 83.9. The first-order valence-corrected chi connectivity index (χ1v) is 48.4. The van der Waals surface area contributed by atoms with Crippen LogP contribution in [0, 0.1) is 17.7 Å². The molecule has 0 spiro atoms. The van der Waals surface area contributed by atoms with Crippen molar-refractivity contribution in [1.82, 2.24) is 0 Å². The van der Waals surface area contributed by atoms with Gasteiger partial charge in [0.05, 0.1) is 6.61 Å². The highest BCUT2D eigenvalue weighted by molar-refractivity contribution is 5.73. The van der Waals surface area contributed by atoms with E-state index in [1.165, 1.54) is 103 Å². The molecule has 17 aromatic carbocycles. The molecule has 0 aromatic heterocycles. The van der Waals surface area contributed by atoms with E-state index in [2.05, 4.69) is 453 Å². The predicted molar refractivity (Wildman–Crippen MR) is 605 cm³/mol. The highest BCUT2D eigenvalue weighted by atomic mass is 16.3. The molecule has 14 nitrogen and oxygen atoms in total. The molecule has 11 N–H and O–H groups in total. The van der Waals surface area contributed by atoms with E-state index in [9.17, 15) is 4.91 Å². The number of nitroso groups, excluding NO2 is 1. The van der Waals surface area contributed by atoms with E-state index >= 15 is 0 Å². The molecule has 0 bridgehead atoms. The Hall–Kier alpha value is -15.9. The average molecular weight is 1860 g/mol. The summed E-state index contributed by atoms with van der Waals surface area (Å²) in [5, 5.41) is 35.6. The summed E-state index contributed by atoms with van der Waals surface area (Å²) >= 11 is 0. The second-order valence-electron chi connectivity index (χ2n) is 35.7. The number of para-hydroxylation sites is 2. The Morgan fingerprint density at radius 3 is 0.864 bits per heavy atom. The third-order valence-corrected chi connectivity index (χ3v) is 22.4. The van der Waals surface area contributed by atoms with E-state index in [1.54, 1.807) is 18.2 Å². The van der Waals surface area contributed by atoms with Crippen LogP contribution in [0.1, 0.15) is 115 Å². The second-order valence-corrected chi connectivity index (χ2v) is 35.7. The molecule has 0 aliphatic carbocycles. The van der Waals surface area contributed by atoms with Crippen LogP contribution in [0.4, 0.5) is 91.0 Å². The number of aryl methyl sites for hydroxylation is 1. The molecule has 17 aromatic rings. The van der Waals surface area contributed by atoms with Crippen LogP contribution in [0.15, 0.2) is 449 Å². The Morgan fingerprint density at radius 2 is 0.571 bits per heavy atom. The largest absolute Gasteiger partial charge is 0.399 e. The number of rotatable bonds is 31. The fourth-order valence-electron chi connectivity index (χ4n) is 15.0. The van der Waals surface area contributed by atoms with Crippen molar-refractivity contribution < 1.29 is 9.87 Å². The molecule has 0 saturated heterocycles. The van der Waals surface area contributed by atoms with E-state index in [4.69, 9.17) is 10.8 Å². The number of benzene rings is 17. The monoisotopic (exact) mass is 1860 g/mol. The van der Waals surface area contributed by atoms with Crippen LogP contribution in [-0.2, 0) is 38.7 Å². The van der Waals surface area contributed by atoms with Gasteiger partial charge in [-0.25, -0.2) is 0 Å². The Labute approximate surface area is 834 Å². The number of nitrogens with zero attached hydrogens (tertiary/aromatic N) is 3. The van der Waals surface area contributed by atoms with Gasteiger partial charge in [-0.15, -0.1) is 0 Å². The highest BCUT2D eigenvalue weighted by Gasteiger charge is 2.16. The molecule has 0 aliphatic rings. The molecule has 0 saturated carbocycles. The summed E-state index contributed by atoms with van der Waals surface area (Å²) < 4.78 is 0.793. The smallest absolute Gasteiger partial charge is 0.280 e. The third kappa shape index (κ3) is 40.6. The van der Waals surface area contributed by atoms with Gasteiger partial charge in [-0.2, -0.15) is 0 Å². The fourth-order valence-corrected chi connectivity index (χ4v) is 15.0. The number of nitrogens with one attached hydrogen (secondary N) is 8. The first-order valence-electron chi connectivity index (χ1n) is 48.4. The van der Waals surface area contributed by atoms with Crippen LogP contribution in [0.2, 0.25) is 0 Å². The van der Waals surface area contributed by atoms with Crippen LogP contribution < -0.4 is 58.1 Å². The molecule has 0 fully saturated rings. The lowest BCUT2D eigenvalue weighted by atomic mass is 10.0. The maximum absolute atomic E-state index is 11.4. The summed E-state index contributed by atoms with van der Waals surface area (Å²) in [6, 6.07) is 155. The van der Waals surface area contributed by atoms with Gasteiger partial charge in [0.2, 0.25) is 0 Å². The van der Waals surface area contributed by atoms with Crippen molar-refractivity contribution in [3.05, 3.63) is 521 Å². The van der Waals surface area contributed by atoms with Crippen LogP contribution in [0.3, 0.4) is 0 Å². The molecule has 140 heavy (non-hydrogen) atoms. The van der Waals surface area contributed by atoms with E-state index in [1.807, 2.05) is 114 Å². The molecular formula is C126H143N12O2+. The maximum atomic E-state index is 11.4. The molecule has 1 atom stereocenters. The average Bonchev–Trinajstić information content (AvgIpc) is 0.832. The molecule has 0 radical (unpaired) electrons. The van der Waals surface area contributed by atoms with Crippen molar-refractivity contribution in [3.63, 3.8) is 0 Å². The van der Waals surface area contributed by atoms with Gasteiger partial charge in [-0.1, -0.05) is 292 Å². The van der Waals surface area contributed by atoms with E-state index < -0.39 is 0 Å². The zero-order valence-corrected chi connectivity index (χ0v) is 83.9. The normalized spacial score (nSPS) is 10.5. The molecule has 0 aliphatic heterocycles. The molecule has 1 unspecified atom stereocenters. The van der Waals surface area contributed by atoms with E-state index in [0.29, 0.717) is 23.5 Å². The summed E-state index contributed by atoms with van der Waals surface area (Å²) in [7, 11) is 11.6. The summed E-state index contributed by atoms with van der Waals surface area (Å²) in [5.74, 6) is 0.731. The number of aliphatic hydroxyl groups excluding tert-OH is 1. The van der Waals surface area contributed by atoms with Crippen LogP contribution in [0.25, 0.3) is 0 Å². The third-order valence-electron chi connectivity index (χ3n) is 22.4. The fraction of sp³-hybridized carbons (Fsp3) is 0.190. The van der Waals surface area contributed by atoms with Crippen molar-refractivity contribution in [1.29, 1.82) is 0 Å². The lowest BCUT2D eigenvalue weighted by Gasteiger charge is -2.17. The van der Waals surface area contributed by atoms with E-state index in [-0.39, 0.29) is 6.61 Å². The van der Waals surface area contributed by atoms with Crippen LogP contribution in [0.5, 0.6) is 0 Å². The molecule has 0 amide bonds. The van der Waals surface area contributed by atoms with Gasteiger partial charge in [0.1, 0.15) is 5.69 Å². The minimum Gasteiger partial charge on any atom is -0.399 e. The SMILES string of the molecule is CC(C)CC(C)Nc1ccc(Cc2ccccc2)cc1.CC(C)Nc1ccc(Cc2ccccc2)cc1.CCNc1ccc(Cc2ccccc2)cc1.CN(C)c1ccc(Nc2ccc(N(C)C)cc2)cc1.CNc1ccc(Cc2ccccc2)cc1.C[N+](=O)c1cc(N)ccc1Nc1ccccc1.Cc1ccc(Nc2ccc(CO)cc2)cc1.c1ccc(Cc2ccc(Nc3ccccc3)cc2)cc1. The Bertz CT molecular complexity index is 6120. The molecule has 718 valence electrons. The van der Waals surface area contributed by atoms with Crippen LogP contribution in [-0.4, -0.2) is 70.8 Å². The minimum absolute atomic E-state index is 0.0881.